The van der Waals surface area contributed by atoms with E-state index in [2.05, 4.69) is 21.2 Å². The molecule has 0 aliphatic heterocycles. The second kappa shape index (κ2) is 5.90. The highest BCUT2D eigenvalue weighted by molar-refractivity contribution is 9.10. The summed E-state index contributed by atoms with van der Waals surface area (Å²) in [5.74, 6) is 1.71. The van der Waals surface area contributed by atoms with Crippen LogP contribution >= 0.6 is 15.9 Å². The zero-order valence-electron chi connectivity index (χ0n) is 11.1. The van der Waals surface area contributed by atoms with E-state index in [9.17, 15) is 5.11 Å². The molecule has 1 heterocycles. The van der Waals surface area contributed by atoms with Gasteiger partial charge in [-0.15, -0.1) is 0 Å². The lowest BCUT2D eigenvalue weighted by atomic mass is 10.1. The van der Waals surface area contributed by atoms with Crippen molar-refractivity contribution in [3.05, 3.63) is 46.6 Å². The zero-order valence-corrected chi connectivity index (χ0v) is 12.7. The number of nitrogens with one attached hydrogen (secondary N) is 1. The molecule has 102 valence electrons. The van der Waals surface area contributed by atoms with Crippen LogP contribution in [0.1, 0.15) is 19.6 Å². The van der Waals surface area contributed by atoms with Crippen molar-refractivity contribution in [3.63, 3.8) is 0 Å². The first kappa shape index (κ1) is 14.3. The van der Waals surface area contributed by atoms with Crippen molar-refractivity contribution in [1.82, 2.24) is 5.32 Å². The van der Waals surface area contributed by atoms with Gasteiger partial charge in [0.2, 0.25) is 0 Å². The Labute approximate surface area is 121 Å². The zero-order chi connectivity index (χ0) is 13.9. The quantitative estimate of drug-likeness (QED) is 0.884. The maximum Gasteiger partial charge on any atom is 0.134 e. The van der Waals surface area contributed by atoms with E-state index in [1.807, 2.05) is 50.2 Å². The monoisotopic (exact) mass is 323 g/mol. The number of halogens is 1. The van der Waals surface area contributed by atoms with Gasteiger partial charge in [-0.25, -0.2) is 0 Å². The van der Waals surface area contributed by atoms with Crippen LogP contribution in [0, 0.1) is 0 Å². The Morgan fingerprint density at radius 1 is 1.16 bits per heavy atom. The smallest absolute Gasteiger partial charge is 0.134 e. The van der Waals surface area contributed by atoms with E-state index in [4.69, 9.17) is 4.42 Å². The van der Waals surface area contributed by atoms with Gasteiger partial charge < -0.3 is 14.8 Å². The van der Waals surface area contributed by atoms with Gasteiger partial charge in [-0.05, 0) is 38.1 Å². The number of aliphatic hydroxyl groups is 1. The van der Waals surface area contributed by atoms with Crippen LogP contribution in [0.2, 0.25) is 0 Å². The highest BCUT2D eigenvalue weighted by Gasteiger charge is 2.16. The summed E-state index contributed by atoms with van der Waals surface area (Å²) in [4.78, 5) is 0. The SMILES string of the molecule is CC(C)(CO)NCc1ccc(-c2ccc(Br)cc2)o1. The largest absolute Gasteiger partial charge is 0.460 e. The minimum absolute atomic E-state index is 0.0906. The molecule has 3 nitrogen and oxygen atoms in total. The van der Waals surface area contributed by atoms with Crippen LogP contribution in [0.3, 0.4) is 0 Å². The molecule has 19 heavy (non-hydrogen) atoms. The van der Waals surface area contributed by atoms with Crippen LogP contribution in [0.15, 0.2) is 45.3 Å². The molecule has 0 aliphatic rings. The summed E-state index contributed by atoms with van der Waals surface area (Å²) in [7, 11) is 0. The number of rotatable bonds is 5. The lowest BCUT2D eigenvalue weighted by Crippen LogP contribution is -2.41. The van der Waals surface area contributed by atoms with Gasteiger partial charge in [-0.3, -0.25) is 0 Å². The predicted octanol–water partition coefficient (Wildman–Crippen LogP) is 3.57. The molecular weight excluding hydrogens is 306 g/mol. The molecule has 0 atom stereocenters. The molecule has 0 bridgehead atoms. The first-order valence-corrected chi connectivity index (χ1v) is 7.00. The summed E-state index contributed by atoms with van der Waals surface area (Å²) < 4.78 is 6.84. The molecule has 0 amide bonds. The minimum Gasteiger partial charge on any atom is -0.460 e. The van der Waals surface area contributed by atoms with Crippen LogP contribution in [-0.2, 0) is 6.54 Å². The molecule has 1 aromatic heterocycles. The summed E-state index contributed by atoms with van der Waals surface area (Å²) in [5, 5.41) is 12.4. The van der Waals surface area contributed by atoms with Gasteiger partial charge in [0.05, 0.1) is 13.2 Å². The van der Waals surface area contributed by atoms with E-state index < -0.39 is 0 Å². The van der Waals surface area contributed by atoms with Crippen molar-refractivity contribution in [2.24, 2.45) is 0 Å². The van der Waals surface area contributed by atoms with Gasteiger partial charge in [0.1, 0.15) is 11.5 Å². The van der Waals surface area contributed by atoms with Crippen LogP contribution in [0.5, 0.6) is 0 Å². The van der Waals surface area contributed by atoms with Gasteiger partial charge in [0.25, 0.3) is 0 Å². The predicted molar refractivity (Wildman–Crippen MR) is 79.8 cm³/mol. The van der Waals surface area contributed by atoms with Crippen molar-refractivity contribution in [1.29, 1.82) is 0 Å². The fraction of sp³-hybridized carbons (Fsp3) is 0.333. The van der Waals surface area contributed by atoms with Gasteiger partial charge in [-0.2, -0.15) is 0 Å². The van der Waals surface area contributed by atoms with E-state index in [1.165, 1.54) is 0 Å². The normalized spacial score (nSPS) is 11.8. The van der Waals surface area contributed by atoms with Crippen LogP contribution < -0.4 is 5.32 Å². The molecular formula is C15H18BrNO2. The molecule has 2 aromatic rings. The van der Waals surface area contributed by atoms with Gasteiger partial charge in [-0.1, -0.05) is 28.1 Å². The Bertz CT molecular complexity index is 531. The van der Waals surface area contributed by atoms with Crippen LogP contribution in [-0.4, -0.2) is 17.3 Å². The first-order chi connectivity index (χ1) is 9.00. The number of hydrogen-bond donors (Lipinski definition) is 2. The Balaban J connectivity index is 2.05. The number of hydrogen-bond acceptors (Lipinski definition) is 3. The molecule has 0 saturated carbocycles. The van der Waals surface area contributed by atoms with E-state index in [1.54, 1.807) is 0 Å². The Kier molecular flexibility index (Phi) is 4.45. The number of benzene rings is 1. The second-order valence-electron chi connectivity index (χ2n) is 5.17. The van der Waals surface area contributed by atoms with Gasteiger partial charge >= 0.3 is 0 Å². The van der Waals surface area contributed by atoms with Crippen molar-refractivity contribution in [2.45, 2.75) is 25.9 Å². The maximum atomic E-state index is 9.18. The van der Waals surface area contributed by atoms with Gasteiger partial charge in [0.15, 0.2) is 0 Å². The molecule has 0 saturated heterocycles. The molecule has 0 unspecified atom stereocenters. The number of aliphatic hydroxyl groups excluding tert-OH is 1. The Morgan fingerprint density at radius 3 is 2.47 bits per heavy atom. The lowest BCUT2D eigenvalue weighted by molar-refractivity contribution is 0.184. The Hall–Kier alpha value is -1.10. The number of furan rings is 1. The highest BCUT2D eigenvalue weighted by atomic mass is 79.9. The third-order valence-electron chi connectivity index (χ3n) is 2.93. The highest BCUT2D eigenvalue weighted by Crippen LogP contribution is 2.24. The van der Waals surface area contributed by atoms with E-state index in [0.717, 1.165) is 21.6 Å². The summed E-state index contributed by atoms with van der Waals surface area (Å²) in [6.07, 6.45) is 0. The third kappa shape index (κ3) is 3.93. The molecule has 0 fully saturated rings. The average Bonchev–Trinajstić information content (AvgIpc) is 2.86. The lowest BCUT2D eigenvalue weighted by Gasteiger charge is -2.22. The summed E-state index contributed by atoms with van der Waals surface area (Å²) >= 11 is 3.41. The molecule has 0 spiro atoms. The topological polar surface area (TPSA) is 45.4 Å². The fourth-order valence-corrected chi connectivity index (χ4v) is 1.89. The van der Waals surface area contributed by atoms with E-state index in [0.29, 0.717) is 6.54 Å². The summed E-state index contributed by atoms with van der Waals surface area (Å²) in [5.41, 5.74) is 0.751. The minimum atomic E-state index is -0.301. The molecule has 4 heteroatoms. The summed E-state index contributed by atoms with van der Waals surface area (Å²) in [6, 6.07) is 11.9. The molecule has 2 N–H and O–H groups in total. The molecule has 0 radical (unpaired) electrons. The molecule has 2 rings (SSSR count). The fourth-order valence-electron chi connectivity index (χ4n) is 1.62. The Morgan fingerprint density at radius 2 is 1.84 bits per heavy atom. The van der Waals surface area contributed by atoms with Crippen LogP contribution in [0.25, 0.3) is 11.3 Å². The van der Waals surface area contributed by atoms with E-state index >= 15 is 0 Å². The van der Waals surface area contributed by atoms with Crippen molar-refractivity contribution >= 4 is 15.9 Å². The van der Waals surface area contributed by atoms with Crippen molar-refractivity contribution in [2.75, 3.05) is 6.61 Å². The summed E-state index contributed by atoms with van der Waals surface area (Å²) in [6.45, 7) is 4.59. The third-order valence-corrected chi connectivity index (χ3v) is 3.46. The molecule has 0 aliphatic carbocycles. The van der Waals surface area contributed by atoms with Crippen molar-refractivity contribution in [3.8, 4) is 11.3 Å². The maximum absolute atomic E-state index is 9.18. The van der Waals surface area contributed by atoms with Crippen LogP contribution in [0.4, 0.5) is 0 Å². The second-order valence-corrected chi connectivity index (χ2v) is 6.08. The molecule has 1 aromatic carbocycles. The first-order valence-electron chi connectivity index (χ1n) is 6.21. The van der Waals surface area contributed by atoms with E-state index in [-0.39, 0.29) is 12.1 Å². The standard InChI is InChI=1S/C15H18BrNO2/c1-15(2,10-18)17-9-13-7-8-14(19-13)11-3-5-12(16)6-4-11/h3-8,17-18H,9-10H2,1-2H3. The van der Waals surface area contributed by atoms with Gasteiger partial charge in [0, 0.05) is 15.6 Å². The average molecular weight is 324 g/mol. The van der Waals surface area contributed by atoms with Crippen molar-refractivity contribution < 1.29 is 9.52 Å².